The van der Waals surface area contributed by atoms with Crippen LogP contribution < -0.4 is 5.32 Å². The lowest BCUT2D eigenvalue weighted by molar-refractivity contribution is -0.384. The van der Waals surface area contributed by atoms with Crippen LogP contribution in [0.4, 0.5) is 5.69 Å². The van der Waals surface area contributed by atoms with Gasteiger partial charge in [-0.2, -0.15) is 0 Å². The summed E-state index contributed by atoms with van der Waals surface area (Å²) in [7, 11) is 0. The standard InChI is InChI=1S/C14H19ClN2O3/c1-9(2)4-12(8-15)16-14(18)11-5-10(3)6-13(7-11)17(19)20/h5-7,9,12H,4,8H2,1-3H3,(H,16,18). The number of rotatable bonds is 6. The minimum Gasteiger partial charge on any atom is -0.348 e. The molecule has 0 aliphatic heterocycles. The van der Waals surface area contributed by atoms with Crippen molar-refractivity contribution in [1.82, 2.24) is 5.32 Å². The summed E-state index contributed by atoms with van der Waals surface area (Å²) in [6.45, 7) is 5.81. The monoisotopic (exact) mass is 298 g/mol. The number of amides is 1. The average molecular weight is 299 g/mol. The van der Waals surface area contributed by atoms with Gasteiger partial charge in [0, 0.05) is 29.6 Å². The van der Waals surface area contributed by atoms with Crippen molar-refractivity contribution in [3.63, 3.8) is 0 Å². The van der Waals surface area contributed by atoms with Gasteiger partial charge >= 0.3 is 0 Å². The predicted octanol–water partition coefficient (Wildman–Crippen LogP) is 3.29. The van der Waals surface area contributed by atoms with E-state index in [0.717, 1.165) is 6.42 Å². The van der Waals surface area contributed by atoms with Gasteiger partial charge in [-0.3, -0.25) is 14.9 Å². The van der Waals surface area contributed by atoms with E-state index < -0.39 is 4.92 Å². The highest BCUT2D eigenvalue weighted by Crippen LogP contribution is 2.17. The zero-order valence-electron chi connectivity index (χ0n) is 11.9. The van der Waals surface area contributed by atoms with E-state index in [2.05, 4.69) is 5.32 Å². The van der Waals surface area contributed by atoms with Crippen LogP contribution in [0.5, 0.6) is 0 Å². The SMILES string of the molecule is Cc1cc(C(=O)NC(CCl)CC(C)C)cc([N+](=O)[O-])c1. The first kappa shape index (κ1) is 16.4. The van der Waals surface area contributed by atoms with Crippen LogP contribution in [0.1, 0.15) is 36.2 Å². The summed E-state index contributed by atoms with van der Waals surface area (Å²) in [6, 6.07) is 4.21. The molecule has 1 unspecified atom stereocenters. The Labute approximate surface area is 123 Å². The fourth-order valence-electron chi connectivity index (χ4n) is 2.00. The van der Waals surface area contributed by atoms with Crippen molar-refractivity contribution in [2.75, 3.05) is 5.88 Å². The van der Waals surface area contributed by atoms with E-state index in [0.29, 0.717) is 17.4 Å². The topological polar surface area (TPSA) is 72.2 Å². The van der Waals surface area contributed by atoms with Gasteiger partial charge < -0.3 is 5.32 Å². The summed E-state index contributed by atoms with van der Waals surface area (Å²) in [4.78, 5) is 22.4. The van der Waals surface area contributed by atoms with Crippen molar-refractivity contribution in [2.45, 2.75) is 33.2 Å². The zero-order chi connectivity index (χ0) is 15.3. The molecule has 20 heavy (non-hydrogen) atoms. The highest BCUT2D eigenvalue weighted by molar-refractivity contribution is 6.18. The van der Waals surface area contributed by atoms with Crippen LogP contribution in [0, 0.1) is 23.0 Å². The largest absolute Gasteiger partial charge is 0.348 e. The van der Waals surface area contributed by atoms with Crippen molar-refractivity contribution >= 4 is 23.2 Å². The van der Waals surface area contributed by atoms with Gasteiger partial charge in [0.25, 0.3) is 11.6 Å². The second kappa shape index (κ2) is 7.24. The predicted molar refractivity (Wildman–Crippen MR) is 79.3 cm³/mol. The third kappa shape index (κ3) is 4.81. The molecule has 1 rings (SSSR count). The highest BCUT2D eigenvalue weighted by atomic mass is 35.5. The molecule has 1 aromatic carbocycles. The van der Waals surface area contributed by atoms with Crippen LogP contribution in [0.25, 0.3) is 0 Å². The molecule has 0 fully saturated rings. The molecule has 0 aliphatic rings. The first-order valence-electron chi connectivity index (χ1n) is 6.46. The van der Waals surface area contributed by atoms with Gasteiger partial charge in [-0.1, -0.05) is 13.8 Å². The Hall–Kier alpha value is -1.62. The maximum Gasteiger partial charge on any atom is 0.270 e. The molecular weight excluding hydrogens is 280 g/mol. The molecule has 0 saturated heterocycles. The van der Waals surface area contributed by atoms with Crippen LogP contribution in [0.15, 0.2) is 18.2 Å². The van der Waals surface area contributed by atoms with Crippen LogP contribution in [-0.4, -0.2) is 22.8 Å². The van der Waals surface area contributed by atoms with Crippen molar-refractivity contribution in [3.8, 4) is 0 Å². The van der Waals surface area contributed by atoms with Gasteiger partial charge in [0.1, 0.15) is 0 Å². The number of carbonyl (C=O) groups is 1. The molecule has 0 radical (unpaired) electrons. The minimum atomic E-state index is -0.503. The molecule has 110 valence electrons. The number of halogens is 1. The molecule has 1 atom stereocenters. The number of nitrogens with one attached hydrogen (secondary N) is 1. The fraction of sp³-hybridized carbons (Fsp3) is 0.500. The third-order valence-electron chi connectivity index (χ3n) is 2.81. The summed E-state index contributed by atoms with van der Waals surface area (Å²) in [5, 5.41) is 13.6. The van der Waals surface area contributed by atoms with Gasteiger partial charge in [0.15, 0.2) is 0 Å². The van der Waals surface area contributed by atoms with Gasteiger partial charge in [0.05, 0.1) is 4.92 Å². The van der Waals surface area contributed by atoms with Crippen molar-refractivity contribution in [2.24, 2.45) is 5.92 Å². The molecule has 1 amide bonds. The van der Waals surface area contributed by atoms with E-state index >= 15 is 0 Å². The Bertz CT molecular complexity index is 503. The van der Waals surface area contributed by atoms with Gasteiger partial charge in [-0.15, -0.1) is 11.6 Å². The fourth-order valence-corrected chi connectivity index (χ4v) is 2.20. The van der Waals surface area contributed by atoms with Gasteiger partial charge in [0.2, 0.25) is 0 Å². The molecule has 0 bridgehead atoms. The van der Waals surface area contributed by atoms with E-state index in [-0.39, 0.29) is 23.2 Å². The second-order valence-electron chi connectivity index (χ2n) is 5.27. The number of nitro groups is 1. The Kier molecular flexibility index (Phi) is 5.95. The Morgan fingerprint density at radius 2 is 2.05 bits per heavy atom. The molecule has 6 heteroatoms. The first-order valence-corrected chi connectivity index (χ1v) is 6.99. The number of non-ortho nitro benzene ring substituents is 1. The van der Waals surface area contributed by atoms with Crippen LogP contribution >= 0.6 is 11.6 Å². The molecule has 5 nitrogen and oxygen atoms in total. The number of aryl methyl sites for hydroxylation is 1. The van der Waals surface area contributed by atoms with E-state index in [1.165, 1.54) is 12.1 Å². The number of benzene rings is 1. The number of carbonyl (C=O) groups excluding carboxylic acids is 1. The average Bonchev–Trinajstić information content (AvgIpc) is 2.36. The quantitative estimate of drug-likeness (QED) is 0.497. The van der Waals surface area contributed by atoms with Crippen LogP contribution in [-0.2, 0) is 0 Å². The Morgan fingerprint density at radius 1 is 1.40 bits per heavy atom. The summed E-state index contributed by atoms with van der Waals surface area (Å²) >= 11 is 5.83. The minimum absolute atomic E-state index is 0.0820. The van der Waals surface area contributed by atoms with E-state index in [1.807, 2.05) is 13.8 Å². The zero-order valence-corrected chi connectivity index (χ0v) is 12.6. The van der Waals surface area contributed by atoms with E-state index in [1.54, 1.807) is 13.0 Å². The normalized spacial score (nSPS) is 12.2. The molecule has 0 spiro atoms. The molecule has 1 aromatic rings. The number of nitro benzene ring substituents is 1. The van der Waals surface area contributed by atoms with Gasteiger partial charge in [-0.05, 0) is 30.9 Å². The lowest BCUT2D eigenvalue weighted by Gasteiger charge is -2.18. The van der Waals surface area contributed by atoms with Crippen LogP contribution in [0.3, 0.4) is 0 Å². The third-order valence-corrected chi connectivity index (χ3v) is 3.19. The maximum atomic E-state index is 12.1. The lowest BCUT2D eigenvalue weighted by atomic mass is 10.0. The Balaban J connectivity index is 2.88. The Morgan fingerprint density at radius 3 is 2.55 bits per heavy atom. The number of hydrogen-bond donors (Lipinski definition) is 1. The summed E-state index contributed by atoms with van der Waals surface area (Å²) in [5.74, 6) is 0.395. The molecule has 0 saturated carbocycles. The van der Waals surface area contributed by atoms with Gasteiger partial charge in [-0.25, -0.2) is 0 Å². The molecular formula is C14H19ClN2O3. The first-order chi connectivity index (χ1) is 9.33. The number of nitrogens with zero attached hydrogens (tertiary/aromatic N) is 1. The molecule has 1 N–H and O–H groups in total. The summed E-state index contributed by atoms with van der Waals surface area (Å²) in [6.07, 6.45) is 0.767. The number of alkyl halides is 1. The summed E-state index contributed by atoms with van der Waals surface area (Å²) in [5.41, 5.74) is 0.882. The molecule has 0 heterocycles. The molecule has 0 aromatic heterocycles. The van der Waals surface area contributed by atoms with Crippen LogP contribution in [0.2, 0.25) is 0 Å². The van der Waals surface area contributed by atoms with Crippen molar-refractivity contribution in [3.05, 3.63) is 39.4 Å². The summed E-state index contributed by atoms with van der Waals surface area (Å²) < 4.78 is 0. The lowest BCUT2D eigenvalue weighted by Crippen LogP contribution is -2.37. The van der Waals surface area contributed by atoms with E-state index in [9.17, 15) is 14.9 Å². The number of hydrogen-bond acceptors (Lipinski definition) is 3. The van der Waals surface area contributed by atoms with Crippen molar-refractivity contribution in [1.29, 1.82) is 0 Å². The smallest absolute Gasteiger partial charge is 0.270 e. The highest BCUT2D eigenvalue weighted by Gasteiger charge is 2.17. The molecule has 0 aliphatic carbocycles. The second-order valence-corrected chi connectivity index (χ2v) is 5.58. The maximum absolute atomic E-state index is 12.1. The van der Waals surface area contributed by atoms with E-state index in [4.69, 9.17) is 11.6 Å². The van der Waals surface area contributed by atoms with Crippen molar-refractivity contribution < 1.29 is 9.72 Å².